The topological polar surface area (TPSA) is 58.6 Å². The van der Waals surface area contributed by atoms with E-state index in [2.05, 4.69) is 5.32 Å². The number of hydrogen-bond donors (Lipinski definition) is 1. The molecule has 2 rings (SSSR count). The minimum absolute atomic E-state index is 0.101. The summed E-state index contributed by atoms with van der Waals surface area (Å²) in [7, 11) is 3.50. The largest absolute Gasteiger partial charge is 0.481 e. The second-order valence-corrected chi connectivity index (χ2v) is 6.05. The predicted molar refractivity (Wildman–Crippen MR) is 98.6 cm³/mol. The van der Waals surface area contributed by atoms with Crippen molar-refractivity contribution in [3.63, 3.8) is 0 Å². The summed E-state index contributed by atoms with van der Waals surface area (Å²) >= 11 is 0. The van der Waals surface area contributed by atoms with Crippen molar-refractivity contribution in [1.82, 2.24) is 4.90 Å². The molecule has 0 aliphatic rings. The summed E-state index contributed by atoms with van der Waals surface area (Å²) in [5, 5.41) is 2.83. The summed E-state index contributed by atoms with van der Waals surface area (Å²) in [6, 6.07) is 16.7. The van der Waals surface area contributed by atoms with Crippen LogP contribution in [0, 0.1) is 0 Å². The number of carbonyl (C=O) groups excluding carboxylic acids is 2. The molecule has 0 bridgehead atoms. The maximum atomic E-state index is 12.2. The summed E-state index contributed by atoms with van der Waals surface area (Å²) in [5.41, 5.74) is 1.76. The van der Waals surface area contributed by atoms with Gasteiger partial charge in [0.25, 0.3) is 5.91 Å². The molecule has 25 heavy (non-hydrogen) atoms. The van der Waals surface area contributed by atoms with Gasteiger partial charge in [-0.1, -0.05) is 30.3 Å². The first-order chi connectivity index (χ1) is 12.0. The molecule has 2 amide bonds. The first kappa shape index (κ1) is 18.5. The summed E-state index contributed by atoms with van der Waals surface area (Å²) in [4.78, 5) is 25.4. The summed E-state index contributed by atoms with van der Waals surface area (Å²) in [5.74, 6) is 0.551. The third kappa shape index (κ3) is 5.95. The maximum absolute atomic E-state index is 12.2. The van der Waals surface area contributed by atoms with Gasteiger partial charge in [-0.25, -0.2) is 0 Å². The molecule has 0 saturated heterocycles. The van der Waals surface area contributed by atoms with E-state index in [1.165, 1.54) is 0 Å². The van der Waals surface area contributed by atoms with Gasteiger partial charge in [0.15, 0.2) is 6.10 Å². The molecule has 0 aromatic heterocycles. The van der Waals surface area contributed by atoms with Crippen molar-refractivity contribution in [2.45, 2.75) is 25.9 Å². The van der Waals surface area contributed by atoms with Crippen LogP contribution < -0.4 is 10.1 Å². The Hall–Kier alpha value is -2.82. The average molecular weight is 340 g/mol. The fourth-order valence-electron chi connectivity index (χ4n) is 2.23. The fourth-order valence-corrected chi connectivity index (χ4v) is 2.23. The molecular weight excluding hydrogens is 316 g/mol. The van der Waals surface area contributed by atoms with E-state index >= 15 is 0 Å². The Bertz CT molecular complexity index is 697. The number of hydrogen-bond acceptors (Lipinski definition) is 3. The lowest BCUT2D eigenvalue weighted by molar-refractivity contribution is -0.128. The molecule has 0 aliphatic heterocycles. The monoisotopic (exact) mass is 340 g/mol. The third-order valence-electron chi connectivity index (χ3n) is 3.77. The number of para-hydroxylation sites is 1. The van der Waals surface area contributed by atoms with Crippen LogP contribution in [-0.2, 0) is 16.0 Å². The highest BCUT2D eigenvalue weighted by Crippen LogP contribution is 2.14. The molecular formula is C20H24N2O3. The summed E-state index contributed by atoms with van der Waals surface area (Å²) in [6.45, 7) is 1.71. The van der Waals surface area contributed by atoms with Crippen molar-refractivity contribution in [3.8, 4) is 5.75 Å². The van der Waals surface area contributed by atoms with Crippen LogP contribution in [0.15, 0.2) is 54.6 Å². The minimum Gasteiger partial charge on any atom is -0.481 e. The molecule has 1 atom stereocenters. The first-order valence-corrected chi connectivity index (χ1v) is 8.27. The van der Waals surface area contributed by atoms with Gasteiger partial charge in [0, 0.05) is 26.2 Å². The lowest BCUT2D eigenvalue weighted by atomic mass is 10.1. The Balaban J connectivity index is 1.85. The Morgan fingerprint density at radius 3 is 2.28 bits per heavy atom. The highest BCUT2D eigenvalue weighted by atomic mass is 16.5. The van der Waals surface area contributed by atoms with Gasteiger partial charge in [0.05, 0.1) is 0 Å². The van der Waals surface area contributed by atoms with Crippen molar-refractivity contribution in [2.24, 2.45) is 0 Å². The molecule has 0 spiro atoms. The summed E-state index contributed by atoms with van der Waals surface area (Å²) in [6.07, 6.45) is 0.555. The molecule has 2 aromatic carbocycles. The summed E-state index contributed by atoms with van der Waals surface area (Å²) < 4.78 is 5.61. The highest BCUT2D eigenvalue weighted by molar-refractivity contribution is 5.94. The Morgan fingerprint density at radius 1 is 1.04 bits per heavy atom. The zero-order chi connectivity index (χ0) is 18.2. The van der Waals surface area contributed by atoms with E-state index in [-0.39, 0.29) is 11.8 Å². The third-order valence-corrected chi connectivity index (χ3v) is 3.77. The lowest BCUT2D eigenvalue weighted by Gasteiger charge is -2.15. The van der Waals surface area contributed by atoms with E-state index in [1.807, 2.05) is 54.6 Å². The molecule has 0 radical (unpaired) electrons. The molecule has 0 fully saturated rings. The van der Waals surface area contributed by atoms with Gasteiger partial charge in [0.2, 0.25) is 5.91 Å². The van der Waals surface area contributed by atoms with Gasteiger partial charge in [-0.2, -0.15) is 0 Å². The smallest absolute Gasteiger partial charge is 0.265 e. The van der Waals surface area contributed by atoms with Gasteiger partial charge in [-0.3, -0.25) is 9.59 Å². The molecule has 0 heterocycles. The molecule has 5 heteroatoms. The van der Waals surface area contributed by atoms with Gasteiger partial charge in [-0.05, 0) is 43.2 Å². The minimum atomic E-state index is -0.597. The van der Waals surface area contributed by atoms with Crippen LogP contribution in [0.3, 0.4) is 0 Å². The number of anilines is 1. The van der Waals surface area contributed by atoms with E-state index in [0.717, 1.165) is 5.56 Å². The number of ether oxygens (including phenoxy) is 1. The van der Waals surface area contributed by atoms with E-state index in [0.29, 0.717) is 24.3 Å². The number of nitrogens with one attached hydrogen (secondary N) is 1. The van der Waals surface area contributed by atoms with Gasteiger partial charge < -0.3 is 15.0 Å². The van der Waals surface area contributed by atoms with Crippen LogP contribution in [-0.4, -0.2) is 36.9 Å². The average Bonchev–Trinajstić information content (AvgIpc) is 2.61. The molecule has 5 nitrogen and oxygen atoms in total. The molecule has 132 valence electrons. The van der Waals surface area contributed by atoms with Crippen molar-refractivity contribution >= 4 is 17.5 Å². The van der Waals surface area contributed by atoms with E-state index in [4.69, 9.17) is 4.74 Å². The Morgan fingerprint density at radius 2 is 1.68 bits per heavy atom. The SMILES string of the molecule is C[C@@H](Oc1ccccc1)C(=O)Nc1ccc(CCC(=O)N(C)C)cc1. The zero-order valence-electron chi connectivity index (χ0n) is 14.9. The molecule has 2 aromatic rings. The number of aryl methyl sites for hydroxylation is 1. The van der Waals surface area contributed by atoms with E-state index in [9.17, 15) is 9.59 Å². The van der Waals surface area contributed by atoms with E-state index < -0.39 is 6.10 Å². The predicted octanol–water partition coefficient (Wildman–Crippen LogP) is 3.11. The highest BCUT2D eigenvalue weighted by Gasteiger charge is 2.14. The van der Waals surface area contributed by atoms with Gasteiger partial charge in [-0.15, -0.1) is 0 Å². The van der Waals surface area contributed by atoms with Crippen molar-refractivity contribution in [1.29, 1.82) is 0 Å². The normalized spacial score (nSPS) is 11.5. The lowest BCUT2D eigenvalue weighted by Crippen LogP contribution is -2.30. The second kappa shape index (κ2) is 8.87. The first-order valence-electron chi connectivity index (χ1n) is 8.27. The van der Waals surface area contributed by atoms with Crippen LogP contribution in [0.5, 0.6) is 5.75 Å². The quantitative estimate of drug-likeness (QED) is 0.842. The number of benzene rings is 2. The van der Waals surface area contributed by atoms with Crippen molar-refractivity contribution < 1.29 is 14.3 Å². The van der Waals surface area contributed by atoms with Crippen LogP contribution in [0.1, 0.15) is 18.9 Å². The number of nitrogens with zero attached hydrogens (tertiary/aromatic N) is 1. The number of rotatable bonds is 7. The van der Waals surface area contributed by atoms with E-state index in [1.54, 1.807) is 25.9 Å². The van der Waals surface area contributed by atoms with Crippen LogP contribution >= 0.6 is 0 Å². The fraction of sp³-hybridized carbons (Fsp3) is 0.300. The Kier molecular flexibility index (Phi) is 6.57. The number of carbonyl (C=O) groups is 2. The zero-order valence-corrected chi connectivity index (χ0v) is 14.9. The van der Waals surface area contributed by atoms with Crippen LogP contribution in [0.25, 0.3) is 0 Å². The van der Waals surface area contributed by atoms with Gasteiger partial charge in [0.1, 0.15) is 5.75 Å². The maximum Gasteiger partial charge on any atom is 0.265 e. The van der Waals surface area contributed by atoms with Crippen molar-refractivity contribution in [2.75, 3.05) is 19.4 Å². The number of amides is 2. The molecule has 0 unspecified atom stereocenters. The Labute approximate surface area is 148 Å². The van der Waals surface area contributed by atoms with Crippen LogP contribution in [0.4, 0.5) is 5.69 Å². The molecule has 1 N–H and O–H groups in total. The van der Waals surface area contributed by atoms with Gasteiger partial charge >= 0.3 is 0 Å². The standard InChI is InChI=1S/C20H24N2O3/c1-15(25-18-7-5-4-6-8-18)20(24)21-17-12-9-16(10-13-17)11-14-19(23)22(2)3/h4-10,12-13,15H,11,14H2,1-3H3,(H,21,24)/t15-/m1/s1. The van der Waals surface area contributed by atoms with Crippen molar-refractivity contribution in [3.05, 3.63) is 60.2 Å². The molecule has 0 aliphatic carbocycles. The second-order valence-electron chi connectivity index (χ2n) is 6.05. The van der Waals surface area contributed by atoms with Crippen LogP contribution in [0.2, 0.25) is 0 Å². The molecule has 0 saturated carbocycles.